The number of carbonyl (C=O) groups is 1. The first-order valence-corrected chi connectivity index (χ1v) is 9.24. The SMILES string of the molecule is CNCc1c(C(=O)NC2CCCC[C@@H]2O)cc(Br)c2ccccc12. The molecule has 0 saturated heterocycles. The molecule has 5 heteroatoms. The van der Waals surface area contributed by atoms with Gasteiger partial charge in [-0.05, 0) is 42.3 Å². The Kier molecular flexibility index (Phi) is 5.54. The molecule has 0 radical (unpaired) electrons. The zero-order valence-electron chi connectivity index (χ0n) is 13.8. The molecule has 0 aromatic heterocycles. The van der Waals surface area contributed by atoms with E-state index in [1.807, 2.05) is 37.4 Å². The lowest BCUT2D eigenvalue weighted by Gasteiger charge is -2.28. The van der Waals surface area contributed by atoms with E-state index in [0.29, 0.717) is 12.1 Å². The first kappa shape index (κ1) is 17.4. The number of fused-ring (bicyclic) bond motifs is 1. The smallest absolute Gasteiger partial charge is 0.251 e. The summed E-state index contributed by atoms with van der Waals surface area (Å²) in [7, 11) is 1.88. The first-order valence-electron chi connectivity index (χ1n) is 8.45. The Labute approximate surface area is 150 Å². The van der Waals surface area contributed by atoms with Crippen LogP contribution in [-0.4, -0.2) is 30.2 Å². The van der Waals surface area contributed by atoms with Crippen LogP contribution in [0.2, 0.25) is 0 Å². The zero-order chi connectivity index (χ0) is 17.1. The maximum Gasteiger partial charge on any atom is 0.251 e. The van der Waals surface area contributed by atoms with Gasteiger partial charge in [-0.1, -0.05) is 53.0 Å². The lowest BCUT2D eigenvalue weighted by molar-refractivity contribution is 0.0716. The highest BCUT2D eigenvalue weighted by Gasteiger charge is 2.26. The van der Waals surface area contributed by atoms with Crippen molar-refractivity contribution < 1.29 is 9.90 Å². The second-order valence-corrected chi connectivity index (χ2v) is 7.25. The van der Waals surface area contributed by atoms with E-state index in [0.717, 1.165) is 46.5 Å². The Balaban J connectivity index is 1.98. The molecule has 3 rings (SSSR count). The summed E-state index contributed by atoms with van der Waals surface area (Å²) in [6, 6.07) is 9.80. The van der Waals surface area contributed by atoms with E-state index < -0.39 is 6.10 Å². The van der Waals surface area contributed by atoms with Gasteiger partial charge in [0.1, 0.15) is 0 Å². The number of halogens is 1. The standard InChI is InChI=1S/C19H23BrN2O2/c1-21-11-15-12-6-2-3-7-13(12)16(20)10-14(15)19(24)22-17-8-4-5-9-18(17)23/h2-3,6-7,10,17-18,21,23H,4-5,8-9,11H2,1H3,(H,22,24)/t17?,18-/m0/s1. The summed E-state index contributed by atoms with van der Waals surface area (Å²) in [5.41, 5.74) is 1.65. The predicted octanol–water partition coefficient (Wildman–Crippen LogP) is 3.36. The molecule has 0 spiro atoms. The Morgan fingerprint density at radius 1 is 1.25 bits per heavy atom. The van der Waals surface area contributed by atoms with Crippen molar-refractivity contribution in [2.45, 2.75) is 44.4 Å². The summed E-state index contributed by atoms with van der Waals surface area (Å²) in [5.74, 6) is -0.113. The largest absolute Gasteiger partial charge is 0.391 e. The molecule has 0 aliphatic heterocycles. The number of carbonyl (C=O) groups excluding carboxylic acids is 1. The molecule has 2 aromatic rings. The molecular formula is C19H23BrN2O2. The van der Waals surface area contributed by atoms with E-state index in [-0.39, 0.29) is 11.9 Å². The Morgan fingerprint density at radius 2 is 1.96 bits per heavy atom. The number of hydrogen-bond acceptors (Lipinski definition) is 3. The summed E-state index contributed by atoms with van der Waals surface area (Å²) in [5, 5.41) is 18.5. The van der Waals surface area contributed by atoms with Crippen LogP contribution in [0.4, 0.5) is 0 Å². The van der Waals surface area contributed by atoms with Gasteiger partial charge >= 0.3 is 0 Å². The third kappa shape index (κ3) is 3.48. The van der Waals surface area contributed by atoms with Gasteiger partial charge in [-0.3, -0.25) is 4.79 Å². The zero-order valence-corrected chi connectivity index (χ0v) is 15.4. The van der Waals surface area contributed by atoms with Crippen LogP contribution in [-0.2, 0) is 6.54 Å². The van der Waals surface area contributed by atoms with Crippen molar-refractivity contribution in [3.05, 3.63) is 45.9 Å². The van der Waals surface area contributed by atoms with Gasteiger partial charge in [0.05, 0.1) is 12.1 Å². The van der Waals surface area contributed by atoms with Gasteiger partial charge in [-0.15, -0.1) is 0 Å². The topological polar surface area (TPSA) is 61.4 Å². The van der Waals surface area contributed by atoms with E-state index in [4.69, 9.17) is 0 Å². The Bertz CT molecular complexity index is 747. The highest BCUT2D eigenvalue weighted by Crippen LogP contribution is 2.30. The van der Waals surface area contributed by atoms with Gasteiger partial charge in [0.2, 0.25) is 0 Å². The molecule has 4 nitrogen and oxygen atoms in total. The number of aliphatic hydroxyl groups excluding tert-OH is 1. The molecule has 2 aromatic carbocycles. The van der Waals surface area contributed by atoms with Crippen molar-refractivity contribution >= 4 is 32.6 Å². The van der Waals surface area contributed by atoms with Crippen LogP contribution in [0, 0.1) is 0 Å². The monoisotopic (exact) mass is 390 g/mol. The van der Waals surface area contributed by atoms with Gasteiger partial charge in [-0.25, -0.2) is 0 Å². The molecule has 1 amide bonds. The van der Waals surface area contributed by atoms with Crippen LogP contribution in [0.15, 0.2) is 34.8 Å². The summed E-state index contributed by atoms with van der Waals surface area (Å²) in [4.78, 5) is 12.9. The van der Waals surface area contributed by atoms with Gasteiger partial charge in [0.25, 0.3) is 5.91 Å². The second kappa shape index (κ2) is 7.64. The van der Waals surface area contributed by atoms with Crippen molar-refractivity contribution in [2.75, 3.05) is 7.05 Å². The van der Waals surface area contributed by atoms with E-state index in [2.05, 4.69) is 26.6 Å². The van der Waals surface area contributed by atoms with Crippen LogP contribution in [0.1, 0.15) is 41.6 Å². The number of hydrogen-bond donors (Lipinski definition) is 3. The number of amides is 1. The lowest BCUT2D eigenvalue weighted by atomic mass is 9.92. The molecular weight excluding hydrogens is 368 g/mol. The van der Waals surface area contributed by atoms with Crippen LogP contribution in [0.5, 0.6) is 0 Å². The van der Waals surface area contributed by atoms with E-state index in [9.17, 15) is 9.90 Å². The summed E-state index contributed by atoms with van der Waals surface area (Å²) >= 11 is 3.59. The normalized spacial score (nSPS) is 21.0. The maximum atomic E-state index is 12.9. The first-order chi connectivity index (χ1) is 11.6. The van der Waals surface area contributed by atoms with Crippen LogP contribution in [0.25, 0.3) is 10.8 Å². The van der Waals surface area contributed by atoms with Crippen molar-refractivity contribution in [3.63, 3.8) is 0 Å². The van der Waals surface area contributed by atoms with Crippen LogP contribution >= 0.6 is 15.9 Å². The molecule has 1 aliphatic rings. The number of nitrogens with one attached hydrogen (secondary N) is 2. The van der Waals surface area contributed by atoms with Crippen molar-refractivity contribution in [2.24, 2.45) is 0 Å². The highest BCUT2D eigenvalue weighted by molar-refractivity contribution is 9.10. The Morgan fingerprint density at radius 3 is 2.67 bits per heavy atom. The van der Waals surface area contributed by atoms with Crippen LogP contribution in [0.3, 0.4) is 0 Å². The number of rotatable bonds is 4. The van der Waals surface area contributed by atoms with E-state index >= 15 is 0 Å². The van der Waals surface area contributed by atoms with E-state index in [1.54, 1.807) is 0 Å². The quantitative estimate of drug-likeness (QED) is 0.749. The van der Waals surface area contributed by atoms with Gasteiger partial charge in [-0.2, -0.15) is 0 Å². The average molecular weight is 391 g/mol. The summed E-state index contributed by atoms with van der Waals surface area (Å²) in [6.45, 7) is 0.615. The van der Waals surface area contributed by atoms with Crippen molar-refractivity contribution in [3.8, 4) is 0 Å². The number of benzene rings is 2. The molecule has 128 valence electrons. The van der Waals surface area contributed by atoms with Crippen molar-refractivity contribution in [1.82, 2.24) is 10.6 Å². The molecule has 2 atom stereocenters. The average Bonchev–Trinajstić information content (AvgIpc) is 2.59. The molecule has 1 fully saturated rings. The van der Waals surface area contributed by atoms with Crippen LogP contribution < -0.4 is 10.6 Å². The van der Waals surface area contributed by atoms with Gasteiger partial charge < -0.3 is 15.7 Å². The predicted molar refractivity (Wildman–Crippen MR) is 100 cm³/mol. The minimum absolute atomic E-state index is 0.113. The Hall–Kier alpha value is -1.43. The molecule has 1 unspecified atom stereocenters. The minimum atomic E-state index is -0.445. The molecule has 3 N–H and O–H groups in total. The minimum Gasteiger partial charge on any atom is -0.391 e. The molecule has 0 heterocycles. The van der Waals surface area contributed by atoms with Gasteiger partial charge in [0.15, 0.2) is 0 Å². The highest BCUT2D eigenvalue weighted by atomic mass is 79.9. The fourth-order valence-corrected chi connectivity index (χ4v) is 4.06. The van der Waals surface area contributed by atoms with Gasteiger partial charge in [0, 0.05) is 16.6 Å². The molecule has 0 bridgehead atoms. The third-order valence-corrected chi connectivity index (χ3v) is 5.41. The maximum absolute atomic E-state index is 12.9. The number of aliphatic hydroxyl groups is 1. The fraction of sp³-hybridized carbons (Fsp3) is 0.421. The molecule has 1 saturated carbocycles. The van der Waals surface area contributed by atoms with Crippen molar-refractivity contribution in [1.29, 1.82) is 0 Å². The summed E-state index contributed by atoms with van der Waals surface area (Å²) < 4.78 is 0.910. The fourth-order valence-electron chi connectivity index (χ4n) is 3.49. The third-order valence-electron chi connectivity index (χ3n) is 4.75. The van der Waals surface area contributed by atoms with E-state index in [1.165, 1.54) is 0 Å². The second-order valence-electron chi connectivity index (χ2n) is 6.39. The summed E-state index contributed by atoms with van der Waals surface area (Å²) in [6.07, 6.45) is 3.23. The molecule has 1 aliphatic carbocycles. The molecule has 24 heavy (non-hydrogen) atoms. The lowest BCUT2D eigenvalue weighted by Crippen LogP contribution is -2.45.